The number of amides is 1. The fourth-order valence-corrected chi connectivity index (χ4v) is 2.86. The molecule has 122 valence electrons. The van der Waals surface area contributed by atoms with Crippen LogP contribution in [0.5, 0.6) is 0 Å². The second kappa shape index (κ2) is 6.55. The minimum Gasteiger partial charge on any atom is -0.369 e. The van der Waals surface area contributed by atoms with Crippen LogP contribution in [-0.2, 0) is 0 Å². The summed E-state index contributed by atoms with van der Waals surface area (Å²) in [5, 5.41) is 3.69. The van der Waals surface area contributed by atoms with Gasteiger partial charge in [0.05, 0.1) is 11.9 Å². The third-order valence-corrected chi connectivity index (χ3v) is 3.94. The number of hydrogen-bond acceptors (Lipinski definition) is 3. The highest BCUT2D eigenvalue weighted by Gasteiger charge is 2.11. The standard InChI is InChI=1S/C17H14Cl2N4O/c1-9-4-10(15-8-21-17(20)23-15)2-3-14(9)22-16(24)11-5-12(18)7-13(19)6-11/h2-8H,1H3,(H,22,24)(H3,20,21,23). The lowest BCUT2D eigenvalue weighted by atomic mass is 10.1. The highest BCUT2D eigenvalue weighted by atomic mass is 35.5. The number of halogens is 2. The summed E-state index contributed by atoms with van der Waals surface area (Å²) in [5.74, 6) is 0.0823. The molecule has 1 aromatic heterocycles. The first-order valence-corrected chi connectivity index (χ1v) is 7.87. The number of rotatable bonds is 3. The Morgan fingerprint density at radius 1 is 1.17 bits per heavy atom. The van der Waals surface area contributed by atoms with Gasteiger partial charge in [0.25, 0.3) is 5.91 Å². The first kappa shape index (κ1) is 16.4. The summed E-state index contributed by atoms with van der Waals surface area (Å²) in [6.07, 6.45) is 1.66. The smallest absolute Gasteiger partial charge is 0.255 e. The van der Waals surface area contributed by atoms with Crippen molar-refractivity contribution in [3.05, 3.63) is 63.8 Å². The number of nitrogens with zero attached hydrogens (tertiary/aromatic N) is 1. The molecule has 0 saturated heterocycles. The van der Waals surface area contributed by atoms with Gasteiger partial charge in [0.15, 0.2) is 5.95 Å². The number of nitrogen functional groups attached to an aromatic ring is 1. The van der Waals surface area contributed by atoms with Gasteiger partial charge < -0.3 is 16.0 Å². The average Bonchev–Trinajstić information content (AvgIpc) is 2.95. The Kier molecular flexibility index (Phi) is 4.46. The predicted molar refractivity (Wildman–Crippen MR) is 97.6 cm³/mol. The average molecular weight is 361 g/mol. The van der Waals surface area contributed by atoms with E-state index in [-0.39, 0.29) is 5.91 Å². The third-order valence-electron chi connectivity index (χ3n) is 3.51. The molecule has 3 rings (SSSR count). The number of carbonyl (C=O) groups is 1. The van der Waals surface area contributed by atoms with Crippen LogP contribution in [0.2, 0.25) is 10.0 Å². The molecule has 5 nitrogen and oxygen atoms in total. The van der Waals surface area contributed by atoms with Gasteiger partial charge in [0, 0.05) is 26.9 Å². The molecule has 0 unspecified atom stereocenters. The van der Waals surface area contributed by atoms with Crippen LogP contribution in [0.3, 0.4) is 0 Å². The number of aryl methyl sites for hydroxylation is 1. The van der Waals surface area contributed by atoms with Crippen LogP contribution in [0.1, 0.15) is 15.9 Å². The summed E-state index contributed by atoms with van der Waals surface area (Å²) in [7, 11) is 0. The van der Waals surface area contributed by atoms with E-state index in [2.05, 4.69) is 15.3 Å². The fourth-order valence-electron chi connectivity index (χ4n) is 2.33. The minimum atomic E-state index is -0.277. The number of carbonyl (C=O) groups excluding carboxylic acids is 1. The van der Waals surface area contributed by atoms with Gasteiger partial charge in [-0.3, -0.25) is 4.79 Å². The maximum atomic E-state index is 12.4. The Morgan fingerprint density at radius 2 is 1.88 bits per heavy atom. The van der Waals surface area contributed by atoms with E-state index in [1.54, 1.807) is 24.4 Å². The Balaban J connectivity index is 1.84. The summed E-state index contributed by atoms with van der Waals surface area (Å²) in [6, 6.07) is 10.4. The molecule has 0 aliphatic carbocycles. The molecule has 2 aromatic carbocycles. The molecule has 3 aromatic rings. The quantitative estimate of drug-likeness (QED) is 0.641. The van der Waals surface area contributed by atoms with Gasteiger partial charge in [-0.05, 0) is 42.8 Å². The third kappa shape index (κ3) is 3.53. The van der Waals surface area contributed by atoms with Crippen LogP contribution in [0.4, 0.5) is 11.6 Å². The monoisotopic (exact) mass is 360 g/mol. The molecule has 0 aliphatic heterocycles. The van der Waals surface area contributed by atoms with E-state index in [0.29, 0.717) is 27.2 Å². The van der Waals surface area contributed by atoms with Crippen molar-refractivity contribution in [2.75, 3.05) is 11.1 Å². The first-order chi connectivity index (χ1) is 11.4. The van der Waals surface area contributed by atoms with E-state index in [4.69, 9.17) is 28.9 Å². The Morgan fingerprint density at radius 3 is 2.46 bits per heavy atom. The van der Waals surface area contributed by atoms with Gasteiger partial charge in [-0.25, -0.2) is 4.98 Å². The molecule has 0 aliphatic rings. The van der Waals surface area contributed by atoms with Crippen molar-refractivity contribution in [1.29, 1.82) is 0 Å². The molecule has 0 bridgehead atoms. The normalized spacial score (nSPS) is 10.6. The number of aromatic nitrogens is 2. The fraction of sp³-hybridized carbons (Fsp3) is 0.0588. The van der Waals surface area contributed by atoms with E-state index < -0.39 is 0 Å². The Bertz CT molecular complexity index is 900. The summed E-state index contributed by atoms with van der Waals surface area (Å²) in [4.78, 5) is 19.3. The van der Waals surface area contributed by atoms with Gasteiger partial charge in [-0.15, -0.1) is 0 Å². The number of nitrogens with one attached hydrogen (secondary N) is 2. The molecular weight excluding hydrogens is 347 g/mol. The number of H-pyrrole nitrogens is 1. The van der Waals surface area contributed by atoms with Crippen LogP contribution in [0, 0.1) is 6.92 Å². The van der Waals surface area contributed by atoms with Crippen molar-refractivity contribution in [3.8, 4) is 11.3 Å². The van der Waals surface area contributed by atoms with Crippen molar-refractivity contribution in [2.45, 2.75) is 6.92 Å². The summed E-state index contributed by atoms with van der Waals surface area (Å²) >= 11 is 11.9. The number of benzene rings is 2. The maximum Gasteiger partial charge on any atom is 0.255 e. The van der Waals surface area contributed by atoms with E-state index in [0.717, 1.165) is 16.8 Å². The number of imidazole rings is 1. The summed E-state index contributed by atoms with van der Waals surface area (Å²) < 4.78 is 0. The van der Waals surface area contributed by atoms with Crippen molar-refractivity contribution in [2.24, 2.45) is 0 Å². The highest BCUT2D eigenvalue weighted by Crippen LogP contribution is 2.25. The zero-order chi connectivity index (χ0) is 17.3. The minimum absolute atomic E-state index is 0.277. The largest absolute Gasteiger partial charge is 0.369 e. The SMILES string of the molecule is Cc1cc(-c2cnc(N)[nH]2)ccc1NC(=O)c1cc(Cl)cc(Cl)c1. The predicted octanol–water partition coefficient (Wildman–Crippen LogP) is 4.53. The molecule has 24 heavy (non-hydrogen) atoms. The zero-order valence-electron chi connectivity index (χ0n) is 12.7. The van der Waals surface area contributed by atoms with Gasteiger partial charge >= 0.3 is 0 Å². The molecule has 0 fully saturated rings. The lowest BCUT2D eigenvalue weighted by Gasteiger charge is -2.10. The number of hydrogen-bond donors (Lipinski definition) is 3. The summed E-state index contributed by atoms with van der Waals surface area (Å²) in [5.41, 5.74) is 9.35. The number of nitrogens with two attached hydrogens (primary N) is 1. The molecule has 0 saturated carbocycles. The molecule has 4 N–H and O–H groups in total. The lowest BCUT2D eigenvalue weighted by Crippen LogP contribution is -2.12. The molecule has 0 spiro atoms. The molecule has 0 atom stereocenters. The van der Waals surface area contributed by atoms with Crippen molar-refractivity contribution >= 4 is 40.7 Å². The van der Waals surface area contributed by atoms with Crippen LogP contribution >= 0.6 is 23.2 Å². The zero-order valence-corrected chi connectivity index (χ0v) is 14.2. The van der Waals surface area contributed by atoms with Crippen LogP contribution in [0.25, 0.3) is 11.3 Å². The Labute approximate surface area is 148 Å². The van der Waals surface area contributed by atoms with Crippen molar-refractivity contribution in [3.63, 3.8) is 0 Å². The molecule has 7 heteroatoms. The number of aromatic amines is 1. The van der Waals surface area contributed by atoms with Gasteiger partial charge in [0.1, 0.15) is 0 Å². The van der Waals surface area contributed by atoms with Crippen LogP contribution < -0.4 is 11.1 Å². The lowest BCUT2D eigenvalue weighted by molar-refractivity contribution is 0.102. The Hall–Kier alpha value is -2.50. The molecule has 1 heterocycles. The topological polar surface area (TPSA) is 83.8 Å². The van der Waals surface area contributed by atoms with Crippen LogP contribution in [-0.4, -0.2) is 15.9 Å². The molecule has 1 amide bonds. The van der Waals surface area contributed by atoms with Crippen molar-refractivity contribution in [1.82, 2.24) is 9.97 Å². The van der Waals surface area contributed by atoms with Gasteiger partial charge in [-0.1, -0.05) is 29.3 Å². The molecule has 0 radical (unpaired) electrons. The van der Waals surface area contributed by atoms with E-state index in [1.807, 2.05) is 25.1 Å². The van der Waals surface area contributed by atoms with E-state index in [1.165, 1.54) is 0 Å². The van der Waals surface area contributed by atoms with Crippen molar-refractivity contribution < 1.29 is 4.79 Å². The highest BCUT2D eigenvalue weighted by molar-refractivity contribution is 6.35. The summed E-state index contributed by atoms with van der Waals surface area (Å²) in [6.45, 7) is 1.91. The van der Waals surface area contributed by atoms with E-state index in [9.17, 15) is 4.79 Å². The first-order valence-electron chi connectivity index (χ1n) is 7.11. The second-order valence-corrected chi connectivity index (χ2v) is 6.20. The second-order valence-electron chi connectivity index (χ2n) is 5.32. The van der Waals surface area contributed by atoms with E-state index >= 15 is 0 Å². The maximum absolute atomic E-state index is 12.4. The number of anilines is 2. The van der Waals surface area contributed by atoms with Gasteiger partial charge in [0.2, 0.25) is 0 Å². The van der Waals surface area contributed by atoms with Crippen LogP contribution in [0.15, 0.2) is 42.6 Å². The molecular formula is C17H14Cl2N4O. The van der Waals surface area contributed by atoms with Gasteiger partial charge in [-0.2, -0.15) is 0 Å².